The highest BCUT2D eigenvalue weighted by molar-refractivity contribution is 5.78. The number of ether oxygens (including phenoxy) is 3. The van der Waals surface area contributed by atoms with Crippen molar-refractivity contribution in [2.24, 2.45) is 0 Å². The molecule has 0 aromatic carbocycles. The molecule has 0 rings (SSSR count). The van der Waals surface area contributed by atoms with Gasteiger partial charge < -0.3 is 14.2 Å². The largest absolute Gasteiger partial charge is 0.460 e. The standard InChI is InChI=1S/C13H16F10O4/c1-6(2)26-8(24)9(14,27-7(3)4)5-25-13(22,23)11(17,18)10(15,16)12(19,20)21/h6-7H,5H2,1-4H3. The van der Waals surface area contributed by atoms with Crippen molar-refractivity contribution >= 4 is 5.97 Å². The van der Waals surface area contributed by atoms with E-state index in [1.165, 1.54) is 13.8 Å². The Morgan fingerprint density at radius 3 is 1.56 bits per heavy atom. The first kappa shape index (κ1) is 25.7. The van der Waals surface area contributed by atoms with Gasteiger partial charge in [0.15, 0.2) is 0 Å². The fourth-order valence-electron chi connectivity index (χ4n) is 1.45. The van der Waals surface area contributed by atoms with Gasteiger partial charge in [0.2, 0.25) is 0 Å². The Bertz CT molecular complexity index is 518. The SMILES string of the molecule is CC(C)OC(=O)C(F)(COC(F)(F)C(F)(F)C(F)(F)C(F)(F)F)OC(C)C. The minimum atomic E-state index is -7.22. The van der Waals surface area contributed by atoms with E-state index in [2.05, 4.69) is 14.2 Å². The van der Waals surface area contributed by atoms with E-state index < -0.39 is 54.8 Å². The molecular formula is C13H16F10O4. The third-order valence-corrected chi connectivity index (χ3v) is 2.63. The minimum Gasteiger partial charge on any atom is -0.459 e. The lowest BCUT2D eigenvalue weighted by Gasteiger charge is -2.34. The number of halogens is 10. The lowest BCUT2D eigenvalue weighted by molar-refractivity contribution is -0.448. The quantitative estimate of drug-likeness (QED) is 0.403. The van der Waals surface area contributed by atoms with E-state index in [1.807, 2.05) is 0 Å². The van der Waals surface area contributed by atoms with Crippen LogP contribution in [0, 0.1) is 0 Å². The second kappa shape index (κ2) is 7.97. The molecule has 14 heteroatoms. The van der Waals surface area contributed by atoms with Crippen molar-refractivity contribution in [1.29, 1.82) is 0 Å². The molecule has 0 aromatic heterocycles. The van der Waals surface area contributed by atoms with Crippen molar-refractivity contribution in [3.05, 3.63) is 0 Å². The summed E-state index contributed by atoms with van der Waals surface area (Å²) in [5, 5.41) is 0. The van der Waals surface area contributed by atoms with Crippen LogP contribution in [-0.4, -0.2) is 54.8 Å². The van der Waals surface area contributed by atoms with Gasteiger partial charge in [0.1, 0.15) is 6.61 Å². The summed E-state index contributed by atoms with van der Waals surface area (Å²) in [4.78, 5) is 11.6. The molecule has 162 valence electrons. The van der Waals surface area contributed by atoms with Gasteiger partial charge in [0.05, 0.1) is 12.2 Å². The molecule has 4 nitrogen and oxygen atoms in total. The summed E-state index contributed by atoms with van der Waals surface area (Å²) in [6.07, 6.45) is -15.9. The third-order valence-electron chi connectivity index (χ3n) is 2.63. The molecule has 0 aliphatic heterocycles. The van der Waals surface area contributed by atoms with Gasteiger partial charge in [-0.25, -0.2) is 4.79 Å². The smallest absolute Gasteiger partial charge is 0.459 e. The number of carbonyl (C=O) groups is 1. The summed E-state index contributed by atoms with van der Waals surface area (Å²) in [7, 11) is 0. The topological polar surface area (TPSA) is 44.8 Å². The monoisotopic (exact) mass is 426 g/mol. The van der Waals surface area contributed by atoms with E-state index in [1.54, 1.807) is 0 Å². The second-order valence-electron chi connectivity index (χ2n) is 5.80. The molecule has 0 aromatic rings. The molecule has 1 unspecified atom stereocenters. The summed E-state index contributed by atoms with van der Waals surface area (Å²) in [6.45, 7) is 2.05. The van der Waals surface area contributed by atoms with Crippen molar-refractivity contribution in [3.63, 3.8) is 0 Å². The Kier molecular flexibility index (Phi) is 7.59. The van der Waals surface area contributed by atoms with E-state index in [-0.39, 0.29) is 0 Å². The molecule has 0 aliphatic rings. The van der Waals surface area contributed by atoms with Crippen molar-refractivity contribution in [3.8, 4) is 0 Å². The highest BCUT2D eigenvalue weighted by Gasteiger charge is 2.83. The zero-order valence-electron chi connectivity index (χ0n) is 14.3. The molecule has 0 fully saturated rings. The average molecular weight is 426 g/mol. The van der Waals surface area contributed by atoms with Crippen LogP contribution >= 0.6 is 0 Å². The molecular weight excluding hydrogens is 410 g/mol. The van der Waals surface area contributed by atoms with Gasteiger partial charge in [0.25, 0.3) is 0 Å². The van der Waals surface area contributed by atoms with E-state index in [0.29, 0.717) is 0 Å². The van der Waals surface area contributed by atoms with Crippen LogP contribution in [0.2, 0.25) is 0 Å². The predicted octanol–water partition coefficient (Wildman–Crippen LogP) is 4.47. The molecule has 0 N–H and O–H groups in total. The maximum Gasteiger partial charge on any atom is 0.460 e. The number of carbonyl (C=O) groups excluding carboxylic acids is 1. The molecule has 0 bridgehead atoms. The Labute approximate surface area is 146 Å². The summed E-state index contributed by atoms with van der Waals surface area (Å²) in [5.74, 6) is -20.4. The average Bonchev–Trinajstić information content (AvgIpc) is 2.42. The zero-order chi connectivity index (χ0) is 22.1. The second-order valence-corrected chi connectivity index (χ2v) is 5.80. The van der Waals surface area contributed by atoms with Crippen LogP contribution in [-0.2, 0) is 19.0 Å². The molecule has 0 aliphatic carbocycles. The number of hydrogen-bond donors (Lipinski definition) is 0. The van der Waals surface area contributed by atoms with Gasteiger partial charge in [0, 0.05) is 0 Å². The van der Waals surface area contributed by atoms with Crippen LogP contribution in [0.15, 0.2) is 0 Å². The zero-order valence-corrected chi connectivity index (χ0v) is 14.3. The molecule has 1 atom stereocenters. The normalized spacial score (nSPS) is 16.6. The Morgan fingerprint density at radius 2 is 1.22 bits per heavy atom. The number of alkyl halides is 10. The fraction of sp³-hybridized carbons (Fsp3) is 0.923. The van der Waals surface area contributed by atoms with Crippen molar-refractivity contribution in [1.82, 2.24) is 0 Å². The summed E-state index contributed by atoms with van der Waals surface area (Å²) in [6, 6.07) is 0. The van der Waals surface area contributed by atoms with Gasteiger partial charge in [-0.3, -0.25) is 0 Å². The summed E-state index contributed by atoms with van der Waals surface area (Å²) >= 11 is 0. The van der Waals surface area contributed by atoms with Gasteiger partial charge in [-0.2, -0.15) is 43.9 Å². The first-order valence-electron chi connectivity index (χ1n) is 7.13. The highest BCUT2D eigenvalue weighted by Crippen LogP contribution is 2.53. The minimum absolute atomic E-state index is 1.04. The summed E-state index contributed by atoms with van der Waals surface area (Å²) < 4.78 is 140. The van der Waals surface area contributed by atoms with Gasteiger partial charge >= 0.3 is 36.0 Å². The Hall–Kier alpha value is -1.31. The van der Waals surface area contributed by atoms with E-state index in [9.17, 15) is 48.7 Å². The maximum absolute atomic E-state index is 14.4. The first-order chi connectivity index (χ1) is 11.7. The van der Waals surface area contributed by atoms with Crippen molar-refractivity contribution in [2.45, 2.75) is 69.9 Å². The molecule has 0 amide bonds. The van der Waals surface area contributed by atoms with E-state index >= 15 is 0 Å². The van der Waals surface area contributed by atoms with Gasteiger partial charge in [-0.15, -0.1) is 0 Å². The maximum atomic E-state index is 14.4. The van der Waals surface area contributed by atoms with Gasteiger partial charge in [-0.05, 0) is 27.7 Å². The summed E-state index contributed by atoms with van der Waals surface area (Å²) in [5.41, 5.74) is 0. The first-order valence-corrected chi connectivity index (χ1v) is 7.13. The Morgan fingerprint density at radius 1 is 0.778 bits per heavy atom. The van der Waals surface area contributed by atoms with Crippen molar-refractivity contribution < 1.29 is 62.9 Å². The number of hydrogen-bond acceptors (Lipinski definition) is 4. The van der Waals surface area contributed by atoms with E-state index in [0.717, 1.165) is 13.8 Å². The van der Waals surface area contributed by atoms with Crippen LogP contribution in [0.4, 0.5) is 43.9 Å². The van der Waals surface area contributed by atoms with Gasteiger partial charge in [-0.1, -0.05) is 0 Å². The fourth-order valence-corrected chi connectivity index (χ4v) is 1.45. The lowest BCUT2D eigenvalue weighted by Crippen LogP contribution is -2.62. The molecule has 0 heterocycles. The molecule has 0 radical (unpaired) electrons. The van der Waals surface area contributed by atoms with Crippen LogP contribution in [0.1, 0.15) is 27.7 Å². The Balaban J connectivity index is 5.65. The van der Waals surface area contributed by atoms with Crippen LogP contribution in [0.25, 0.3) is 0 Å². The number of esters is 1. The van der Waals surface area contributed by atoms with Crippen molar-refractivity contribution in [2.75, 3.05) is 6.61 Å². The predicted molar refractivity (Wildman–Crippen MR) is 68.1 cm³/mol. The molecule has 0 saturated carbocycles. The highest BCUT2D eigenvalue weighted by atomic mass is 19.4. The van der Waals surface area contributed by atoms with Crippen LogP contribution < -0.4 is 0 Å². The van der Waals surface area contributed by atoms with Crippen LogP contribution in [0.5, 0.6) is 0 Å². The third kappa shape index (κ3) is 5.59. The molecule has 27 heavy (non-hydrogen) atoms. The molecule has 0 spiro atoms. The van der Waals surface area contributed by atoms with Crippen LogP contribution in [0.3, 0.4) is 0 Å². The number of rotatable bonds is 9. The van der Waals surface area contributed by atoms with E-state index in [4.69, 9.17) is 0 Å². The lowest BCUT2D eigenvalue weighted by atomic mass is 10.1. The molecule has 0 saturated heterocycles.